The highest BCUT2D eigenvalue weighted by molar-refractivity contribution is 7.90. The molecule has 1 atom stereocenters. The van der Waals surface area contributed by atoms with Crippen LogP contribution in [0.15, 0.2) is 54.6 Å². The lowest BCUT2D eigenvalue weighted by molar-refractivity contribution is 0.152. The number of hydrogen-bond donors (Lipinski definition) is 0. The number of benzene rings is 3. The Labute approximate surface area is 245 Å². The average Bonchev–Trinajstić information content (AvgIpc) is 2.90. The monoisotopic (exact) mass is 579 g/mol. The first-order valence-electron chi connectivity index (χ1n) is 14.2. The van der Waals surface area contributed by atoms with Gasteiger partial charge < -0.3 is 4.74 Å². The Kier molecular flexibility index (Phi) is 10.2. The minimum absolute atomic E-state index is 0.160. The van der Waals surface area contributed by atoms with Gasteiger partial charge in [-0.2, -0.15) is 0 Å². The highest BCUT2D eigenvalue weighted by atomic mass is 35.5. The zero-order valence-corrected chi connectivity index (χ0v) is 26.0. The van der Waals surface area contributed by atoms with Gasteiger partial charge in [-0.1, -0.05) is 66.6 Å². The first kappa shape index (κ1) is 30.4. The summed E-state index contributed by atoms with van der Waals surface area (Å²) in [5, 5.41) is 0.658. The standard InChI is InChI=1S/C34H42ClNO3S/c1-24-20-34(33(35)21-30(24)22-36-18-8-6-12-25(36)2)39-23-29-15-11-17-32(27(29)4)31-16-10-14-28(26(31)3)13-7-9-19-40(5,37)38/h7,10-11,13-17,20-21,25H,6,8-9,12,18-19,22-23H2,1-5H3/b13-7+/t25-/m1/s1. The number of likely N-dealkylation sites (tertiary alicyclic amines) is 1. The number of halogens is 1. The van der Waals surface area contributed by atoms with Gasteiger partial charge in [0.15, 0.2) is 0 Å². The molecule has 0 bridgehead atoms. The van der Waals surface area contributed by atoms with Crippen LogP contribution < -0.4 is 4.74 Å². The Bertz CT molecular complexity index is 1480. The van der Waals surface area contributed by atoms with Gasteiger partial charge in [0, 0.05) is 18.8 Å². The van der Waals surface area contributed by atoms with Crippen molar-refractivity contribution in [1.29, 1.82) is 0 Å². The molecule has 40 heavy (non-hydrogen) atoms. The molecule has 1 aliphatic heterocycles. The van der Waals surface area contributed by atoms with Crippen molar-refractivity contribution in [3.8, 4) is 16.9 Å². The van der Waals surface area contributed by atoms with E-state index < -0.39 is 9.84 Å². The molecule has 0 saturated carbocycles. The van der Waals surface area contributed by atoms with Crippen molar-refractivity contribution < 1.29 is 13.2 Å². The van der Waals surface area contributed by atoms with E-state index in [0.29, 0.717) is 24.1 Å². The molecule has 214 valence electrons. The van der Waals surface area contributed by atoms with Gasteiger partial charge in [-0.3, -0.25) is 4.90 Å². The van der Waals surface area contributed by atoms with Crippen molar-refractivity contribution in [1.82, 2.24) is 4.90 Å². The van der Waals surface area contributed by atoms with Crippen LogP contribution in [0.2, 0.25) is 5.02 Å². The molecule has 1 saturated heterocycles. The molecule has 3 aromatic rings. The molecular weight excluding hydrogens is 538 g/mol. The second-order valence-corrected chi connectivity index (χ2v) is 13.9. The second-order valence-electron chi connectivity index (χ2n) is 11.2. The van der Waals surface area contributed by atoms with Gasteiger partial charge in [0.2, 0.25) is 0 Å². The molecule has 0 aromatic heterocycles. The van der Waals surface area contributed by atoms with Crippen molar-refractivity contribution in [2.45, 2.75) is 72.6 Å². The SMILES string of the molecule is Cc1cc(OCc2cccc(-c3cccc(/C=C/CCS(C)(=O)=O)c3C)c2C)c(Cl)cc1CN1CCCC[C@H]1C. The predicted molar refractivity (Wildman–Crippen MR) is 169 cm³/mol. The molecular formula is C34H42ClNO3S. The summed E-state index contributed by atoms with van der Waals surface area (Å²) in [6.45, 7) is 11.2. The topological polar surface area (TPSA) is 46.6 Å². The summed E-state index contributed by atoms with van der Waals surface area (Å²) < 4.78 is 29.2. The number of ether oxygens (including phenoxy) is 1. The van der Waals surface area contributed by atoms with Crippen molar-refractivity contribution in [3.63, 3.8) is 0 Å². The van der Waals surface area contributed by atoms with E-state index >= 15 is 0 Å². The maximum Gasteiger partial charge on any atom is 0.147 e. The fourth-order valence-corrected chi connectivity index (χ4v) is 6.30. The van der Waals surface area contributed by atoms with E-state index in [0.717, 1.165) is 41.1 Å². The fraction of sp³-hybridized carbons (Fsp3) is 0.412. The first-order valence-corrected chi connectivity index (χ1v) is 16.7. The average molecular weight is 580 g/mol. The number of hydrogen-bond acceptors (Lipinski definition) is 4. The minimum Gasteiger partial charge on any atom is -0.487 e. The van der Waals surface area contributed by atoms with Crippen LogP contribution in [-0.4, -0.2) is 37.9 Å². The van der Waals surface area contributed by atoms with E-state index in [1.165, 1.54) is 47.8 Å². The first-order chi connectivity index (χ1) is 19.0. The van der Waals surface area contributed by atoms with Crippen LogP contribution >= 0.6 is 11.6 Å². The summed E-state index contributed by atoms with van der Waals surface area (Å²) in [6.07, 6.45) is 9.59. The summed E-state index contributed by atoms with van der Waals surface area (Å²) >= 11 is 6.72. The number of nitrogens with zero attached hydrogens (tertiary/aromatic N) is 1. The summed E-state index contributed by atoms with van der Waals surface area (Å²) in [7, 11) is -2.96. The zero-order valence-electron chi connectivity index (χ0n) is 24.5. The molecule has 4 nitrogen and oxygen atoms in total. The molecule has 4 rings (SSSR count). The predicted octanol–water partition coefficient (Wildman–Crippen LogP) is 8.33. The van der Waals surface area contributed by atoms with Crippen LogP contribution in [0.25, 0.3) is 17.2 Å². The van der Waals surface area contributed by atoms with Crippen LogP contribution in [0.3, 0.4) is 0 Å². The summed E-state index contributed by atoms with van der Waals surface area (Å²) in [5.41, 5.74) is 9.35. The van der Waals surface area contributed by atoms with Gasteiger partial charge in [0.25, 0.3) is 0 Å². The Morgan fingerprint density at radius 2 is 1.73 bits per heavy atom. The second kappa shape index (κ2) is 13.4. The molecule has 1 heterocycles. The van der Waals surface area contributed by atoms with Gasteiger partial charge in [0.1, 0.15) is 22.2 Å². The molecule has 1 fully saturated rings. The van der Waals surface area contributed by atoms with E-state index in [1.807, 2.05) is 12.2 Å². The third-order valence-corrected chi connectivity index (χ3v) is 9.42. The van der Waals surface area contributed by atoms with E-state index in [4.69, 9.17) is 16.3 Å². The smallest absolute Gasteiger partial charge is 0.147 e. The summed E-state index contributed by atoms with van der Waals surface area (Å²) in [6, 6.07) is 17.3. The molecule has 0 N–H and O–H groups in total. The number of rotatable bonds is 10. The lowest BCUT2D eigenvalue weighted by Gasteiger charge is -2.33. The van der Waals surface area contributed by atoms with Gasteiger partial charge in [-0.05, 0) is 110 Å². The van der Waals surface area contributed by atoms with Crippen LogP contribution in [0.1, 0.15) is 66.0 Å². The highest BCUT2D eigenvalue weighted by Gasteiger charge is 2.20. The molecule has 0 unspecified atom stereocenters. The Balaban J connectivity index is 1.49. The van der Waals surface area contributed by atoms with Crippen molar-refractivity contribution >= 4 is 27.5 Å². The van der Waals surface area contributed by atoms with Crippen molar-refractivity contribution in [3.05, 3.63) is 93.0 Å². The fourth-order valence-electron chi connectivity index (χ4n) is 5.49. The number of aryl methyl sites for hydroxylation is 1. The lowest BCUT2D eigenvalue weighted by atomic mass is 9.91. The molecule has 0 aliphatic carbocycles. The molecule has 0 spiro atoms. The maximum atomic E-state index is 11.4. The van der Waals surface area contributed by atoms with Gasteiger partial charge in [0.05, 0.1) is 10.8 Å². The third-order valence-electron chi connectivity index (χ3n) is 8.15. The number of piperidine rings is 1. The Morgan fingerprint density at radius 3 is 2.45 bits per heavy atom. The van der Waals surface area contributed by atoms with Gasteiger partial charge in [-0.15, -0.1) is 0 Å². The Morgan fingerprint density at radius 1 is 1.00 bits per heavy atom. The van der Waals surface area contributed by atoms with Crippen LogP contribution in [0.5, 0.6) is 5.75 Å². The van der Waals surface area contributed by atoms with E-state index in [9.17, 15) is 8.42 Å². The summed E-state index contributed by atoms with van der Waals surface area (Å²) in [5.74, 6) is 0.879. The van der Waals surface area contributed by atoms with Crippen LogP contribution in [0.4, 0.5) is 0 Å². The van der Waals surface area contributed by atoms with E-state index in [-0.39, 0.29) is 5.75 Å². The van der Waals surface area contributed by atoms with Crippen molar-refractivity contribution in [2.24, 2.45) is 0 Å². The molecule has 3 aromatic carbocycles. The molecule has 6 heteroatoms. The number of sulfone groups is 1. The maximum absolute atomic E-state index is 11.4. The molecule has 0 radical (unpaired) electrons. The molecule has 0 amide bonds. The van der Waals surface area contributed by atoms with E-state index in [2.05, 4.69) is 81.1 Å². The van der Waals surface area contributed by atoms with Crippen LogP contribution in [-0.2, 0) is 23.0 Å². The summed E-state index contributed by atoms with van der Waals surface area (Å²) in [4.78, 5) is 2.56. The molecule has 1 aliphatic rings. The number of allylic oxidation sites excluding steroid dienone is 1. The largest absolute Gasteiger partial charge is 0.487 e. The zero-order chi connectivity index (χ0) is 28.9. The lowest BCUT2D eigenvalue weighted by Crippen LogP contribution is -2.36. The third kappa shape index (κ3) is 7.78. The Hall–Kier alpha value is -2.60. The minimum atomic E-state index is -2.96. The van der Waals surface area contributed by atoms with Gasteiger partial charge >= 0.3 is 0 Å². The quantitative estimate of drug-likeness (QED) is 0.242. The highest BCUT2D eigenvalue weighted by Crippen LogP contribution is 2.33. The van der Waals surface area contributed by atoms with Crippen molar-refractivity contribution in [2.75, 3.05) is 18.6 Å². The van der Waals surface area contributed by atoms with Gasteiger partial charge in [-0.25, -0.2) is 8.42 Å². The normalized spacial score (nSPS) is 16.5. The van der Waals surface area contributed by atoms with Crippen LogP contribution in [0, 0.1) is 20.8 Å². The van der Waals surface area contributed by atoms with E-state index in [1.54, 1.807) is 0 Å².